The lowest BCUT2D eigenvalue weighted by Crippen LogP contribution is -2.01. The molecule has 0 aliphatic carbocycles. The second kappa shape index (κ2) is 8.54. The van der Waals surface area contributed by atoms with E-state index >= 15 is 0 Å². The molecule has 24 heavy (non-hydrogen) atoms. The van der Waals surface area contributed by atoms with E-state index in [1.165, 1.54) is 18.4 Å². The van der Waals surface area contributed by atoms with E-state index in [0.29, 0.717) is 18.0 Å². The zero-order chi connectivity index (χ0) is 17.5. The molecule has 0 spiro atoms. The van der Waals surface area contributed by atoms with Crippen LogP contribution in [0.1, 0.15) is 25.1 Å². The van der Waals surface area contributed by atoms with Gasteiger partial charge in [0.05, 0.1) is 32.4 Å². The molecule has 0 fully saturated rings. The Balaban J connectivity index is 2.32. The third-order valence-electron chi connectivity index (χ3n) is 3.21. The SMILES string of the molecule is COC(=O)CCc1sc(N=NC(C)C)nc1-c1ccc(OC)cc1. The Labute approximate surface area is 145 Å². The number of carbonyl (C=O) groups excluding carboxylic acids is 1. The van der Waals surface area contributed by atoms with Gasteiger partial charge in [0.1, 0.15) is 5.75 Å². The lowest BCUT2D eigenvalue weighted by atomic mass is 10.1. The van der Waals surface area contributed by atoms with Crippen molar-refractivity contribution in [2.75, 3.05) is 14.2 Å². The number of hydrogen-bond acceptors (Lipinski definition) is 7. The second-order valence-electron chi connectivity index (χ2n) is 5.38. The van der Waals surface area contributed by atoms with Crippen molar-refractivity contribution in [3.63, 3.8) is 0 Å². The average Bonchev–Trinajstić information content (AvgIpc) is 3.01. The molecule has 1 heterocycles. The summed E-state index contributed by atoms with van der Waals surface area (Å²) in [5.74, 6) is 0.541. The van der Waals surface area contributed by atoms with Crippen LogP contribution in [0.25, 0.3) is 11.3 Å². The molecule has 0 aliphatic rings. The van der Waals surface area contributed by atoms with Crippen molar-refractivity contribution in [1.29, 1.82) is 0 Å². The fraction of sp³-hybridized carbons (Fsp3) is 0.412. The fourth-order valence-corrected chi connectivity index (χ4v) is 2.92. The third kappa shape index (κ3) is 4.86. The van der Waals surface area contributed by atoms with E-state index in [0.717, 1.165) is 21.9 Å². The Hall–Kier alpha value is -2.28. The van der Waals surface area contributed by atoms with E-state index in [4.69, 9.17) is 9.47 Å². The predicted octanol–water partition coefficient (Wildman–Crippen LogP) is 4.42. The van der Waals surface area contributed by atoms with Gasteiger partial charge in [0, 0.05) is 10.4 Å². The summed E-state index contributed by atoms with van der Waals surface area (Å²) < 4.78 is 9.91. The van der Waals surface area contributed by atoms with Gasteiger partial charge in [0.25, 0.3) is 0 Å². The van der Waals surface area contributed by atoms with Crippen molar-refractivity contribution < 1.29 is 14.3 Å². The highest BCUT2D eigenvalue weighted by Crippen LogP contribution is 2.34. The maximum absolute atomic E-state index is 11.4. The summed E-state index contributed by atoms with van der Waals surface area (Å²) in [5, 5.41) is 8.92. The van der Waals surface area contributed by atoms with Crippen LogP contribution < -0.4 is 4.74 Å². The van der Waals surface area contributed by atoms with Crippen LogP contribution in [0.5, 0.6) is 5.75 Å². The monoisotopic (exact) mass is 347 g/mol. The first-order valence-electron chi connectivity index (χ1n) is 7.65. The molecule has 0 bridgehead atoms. The van der Waals surface area contributed by atoms with E-state index in [9.17, 15) is 4.79 Å². The highest BCUT2D eigenvalue weighted by atomic mass is 32.1. The van der Waals surface area contributed by atoms with Gasteiger partial charge in [0.2, 0.25) is 5.13 Å². The molecule has 7 heteroatoms. The molecule has 0 aliphatic heterocycles. The molecule has 1 aromatic heterocycles. The van der Waals surface area contributed by atoms with E-state index in [2.05, 4.69) is 15.2 Å². The zero-order valence-electron chi connectivity index (χ0n) is 14.3. The van der Waals surface area contributed by atoms with Gasteiger partial charge in [-0.2, -0.15) is 5.11 Å². The van der Waals surface area contributed by atoms with Gasteiger partial charge in [-0.15, -0.1) is 5.11 Å². The van der Waals surface area contributed by atoms with Gasteiger partial charge < -0.3 is 9.47 Å². The van der Waals surface area contributed by atoms with Crippen LogP contribution >= 0.6 is 11.3 Å². The van der Waals surface area contributed by atoms with Crippen molar-refractivity contribution in [2.45, 2.75) is 32.7 Å². The molecule has 2 rings (SSSR count). The number of thiazole rings is 1. The molecule has 128 valence electrons. The lowest BCUT2D eigenvalue weighted by Gasteiger charge is -2.04. The van der Waals surface area contributed by atoms with Crippen molar-refractivity contribution in [3.8, 4) is 17.0 Å². The maximum Gasteiger partial charge on any atom is 0.305 e. The van der Waals surface area contributed by atoms with Gasteiger partial charge in [-0.3, -0.25) is 4.79 Å². The van der Waals surface area contributed by atoms with Gasteiger partial charge in [0.15, 0.2) is 0 Å². The summed E-state index contributed by atoms with van der Waals surface area (Å²) in [6.07, 6.45) is 0.867. The molecule has 0 unspecified atom stereocenters. The standard InChI is InChI=1S/C17H21N3O3S/c1-11(2)19-20-17-18-16(12-5-7-13(22-3)8-6-12)14(24-17)9-10-15(21)23-4/h5-8,11H,9-10H2,1-4H3. The normalized spacial score (nSPS) is 11.2. The quantitative estimate of drug-likeness (QED) is 0.549. The van der Waals surface area contributed by atoms with Gasteiger partial charge in [-0.05, 0) is 44.5 Å². The number of aromatic nitrogens is 1. The Bertz CT molecular complexity index is 708. The number of rotatable bonds is 7. The molecule has 1 aromatic carbocycles. The van der Waals surface area contributed by atoms with Gasteiger partial charge in [-0.1, -0.05) is 11.3 Å². The minimum absolute atomic E-state index is 0.108. The number of benzene rings is 1. The Kier molecular flexibility index (Phi) is 6.43. The van der Waals surface area contributed by atoms with Crippen LogP contribution in [-0.4, -0.2) is 31.2 Å². The van der Waals surface area contributed by atoms with Crippen LogP contribution in [0.2, 0.25) is 0 Å². The molecule has 6 nitrogen and oxygen atoms in total. The molecule has 0 saturated heterocycles. The van der Waals surface area contributed by atoms with Crippen LogP contribution in [0.15, 0.2) is 34.5 Å². The second-order valence-corrected chi connectivity index (χ2v) is 6.44. The van der Waals surface area contributed by atoms with Gasteiger partial charge in [-0.25, -0.2) is 4.98 Å². The Morgan fingerprint density at radius 1 is 1.25 bits per heavy atom. The lowest BCUT2D eigenvalue weighted by molar-refractivity contribution is -0.140. The molecule has 0 atom stereocenters. The van der Waals surface area contributed by atoms with E-state index < -0.39 is 0 Å². The molecule has 0 N–H and O–H groups in total. The van der Waals surface area contributed by atoms with Gasteiger partial charge >= 0.3 is 5.97 Å². The topological polar surface area (TPSA) is 73.1 Å². The number of carbonyl (C=O) groups is 1. The Morgan fingerprint density at radius 3 is 2.54 bits per heavy atom. The zero-order valence-corrected chi connectivity index (χ0v) is 15.1. The van der Waals surface area contributed by atoms with Crippen molar-refractivity contribution in [1.82, 2.24) is 4.98 Å². The molecular formula is C17H21N3O3S. The summed E-state index contributed by atoms with van der Waals surface area (Å²) in [6, 6.07) is 7.76. The number of azo groups is 1. The van der Waals surface area contributed by atoms with E-state index in [1.807, 2.05) is 38.1 Å². The molecule has 0 radical (unpaired) electrons. The number of esters is 1. The van der Waals surface area contributed by atoms with Crippen LogP contribution in [0, 0.1) is 0 Å². The molecule has 0 saturated carbocycles. The molecular weight excluding hydrogens is 326 g/mol. The summed E-state index contributed by atoms with van der Waals surface area (Å²) in [4.78, 5) is 17.0. The Morgan fingerprint density at radius 2 is 1.96 bits per heavy atom. The summed E-state index contributed by atoms with van der Waals surface area (Å²) in [7, 11) is 3.02. The number of nitrogens with zero attached hydrogens (tertiary/aromatic N) is 3. The highest BCUT2D eigenvalue weighted by molar-refractivity contribution is 7.15. The minimum atomic E-state index is -0.241. The minimum Gasteiger partial charge on any atom is -0.497 e. The van der Waals surface area contributed by atoms with E-state index in [1.54, 1.807) is 7.11 Å². The predicted molar refractivity (Wildman–Crippen MR) is 94.1 cm³/mol. The number of aryl methyl sites for hydroxylation is 1. The third-order valence-corrected chi connectivity index (χ3v) is 4.21. The fourth-order valence-electron chi connectivity index (χ4n) is 2.01. The number of methoxy groups -OCH3 is 2. The first-order chi connectivity index (χ1) is 11.5. The molecule has 0 amide bonds. The number of hydrogen-bond donors (Lipinski definition) is 0. The van der Waals surface area contributed by atoms with Crippen molar-refractivity contribution in [2.24, 2.45) is 10.2 Å². The first kappa shape index (κ1) is 18.1. The van der Waals surface area contributed by atoms with Crippen LogP contribution in [0.3, 0.4) is 0 Å². The summed E-state index contributed by atoms with van der Waals surface area (Å²) in [6.45, 7) is 3.92. The van der Waals surface area contributed by atoms with Crippen molar-refractivity contribution >= 4 is 22.4 Å². The maximum atomic E-state index is 11.4. The number of ether oxygens (including phenoxy) is 2. The molecule has 2 aromatic rings. The van der Waals surface area contributed by atoms with Crippen molar-refractivity contribution in [3.05, 3.63) is 29.1 Å². The van der Waals surface area contributed by atoms with Crippen LogP contribution in [-0.2, 0) is 16.0 Å². The first-order valence-corrected chi connectivity index (χ1v) is 8.47. The smallest absolute Gasteiger partial charge is 0.305 e. The summed E-state index contributed by atoms with van der Waals surface area (Å²) in [5.41, 5.74) is 1.78. The summed E-state index contributed by atoms with van der Waals surface area (Å²) >= 11 is 1.45. The highest BCUT2D eigenvalue weighted by Gasteiger charge is 2.15. The van der Waals surface area contributed by atoms with Crippen LogP contribution in [0.4, 0.5) is 5.13 Å². The average molecular weight is 347 g/mol. The largest absolute Gasteiger partial charge is 0.497 e. The van der Waals surface area contributed by atoms with E-state index in [-0.39, 0.29) is 12.0 Å².